The van der Waals surface area contributed by atoms with Gasteiger partial charge in [0.2, 0.25) is 5.95 Å². The molecular weight excluding hydrogens is 364 g/mol. The summed E-state index contributed by atoms with van der Waals surface area (Å²) < 4.78 is 1.65. The lowest BCUT2D eigenvalue weighted by atomic mass is 9.98. The van der Waals surface area contributed by atoms with Crippen LogP contribution in [0.2, 0.25) is 0 Å². The van der Waals surface area contributed by atoms with Crippen molar-refractivity contribution >= 4 is 29.9 Å². The van der Waals surface area contributed by atoms with E-state index in [0.29, 0.717) is 17.4 Å². The molecule has 27 heavy (non-hydrogen) atoms. The molecule has 1 aliphatic rings. The molecule has 0 aliphatic carbocycles. The second kappa shape index (κ2) is 9.71. The number of hydrogen-bond donors (Lipinski definition) is 2. The minimum Gasteiger partial charge on any atom is -0.372 e. The molecule has 2 aromatic rings. The van der Waals surface area contributed by atoms with E-state index in [1.807, 2.05) is 31.3 Å². The van der Waals surface area contributed by atoms with E-state index in [0.717, 1.165) is 50.5 Å². The van der Waals surface area contributed by atoms with Gasteiger partial charge >= 0.3 is 0 Å². The molecule has 1 fully saturated rings. The second-order valence-corrected chi connectivity index (χ2v) is 6.61. The Kier molecular flexibility index (Phi) is 7.62. The lowest BCUT2D eigenvalue weighted by molar-refractivity contribution is 0.102. The van der Waals surface area contributed by atoms with E-state index in [2.05, 4.69) is 39.5 Å². The summed E-state index contributed by atoms with van der Waals surface area (Å²) in [7, 11) is 1.82. The Morgan fingerprint density at radius 2 is 1.85 bits per heavy atom. The minimum atomic E-state index is -0.163. The number of benzene rings is 1. The number of amides is 1. The van der Waals surface area contributed by atoms with Crippen LogP contribution in [0, 0.1) is 0 Å². The zero-order valence-electron chi connectivity index (χ0n) is 16.2. The van der Waals surface area contributed by atoms with Crippen LogP contribution < -0.4 is 15.5 Å². The number of hydrogen-bond acceptors (Lipinski definition) is 5. The van der Waals surface area contributed by atoms with Gasteiger partial charge in [-0.15, -0.1) is 12.4 Å². The zero-order chi connectivity index (χ0) is 18.5. The van der Waals surface area contributed by atoms with Gasteiger partial charge in [0.05, 0.1) is 0 Å². The molecule has 7 nitrogen and oxygen atoms in total. The number of nitrogens with zero attached hydrogens (tertiary/aromatic N) is 4. The SMILES string of the molecule is CCN(CC)c1ccc(C(=O)Nc2nc(C3CCNCC3)nn2C)cc1.Cl. The van der Waals surface area contributed by atoms with E-state index < -0.39 is 0 Å². The molecule has 0 atom stereocenters. The maximum absolute atomic E-state index is 12.6. The molecule has 2 heterocycles. The number of piperidine rings is 1. The van der Waals surface area contributed by atoms with Crippen molar-refractivity contribution in [2.75, 3.05) is 36.4 Å². The molecule has 8 heteroatoms. The smallest absolute Gasteiger partial charge is 0.258 e. The van der Waals surface area contributed by atoms with Crippen LogP contribution in [0.4, 0.5) is 11.6 Å². The van der Waals surface area contributed by atoms with E-state index in [9.17, 15) is 4.79 Å². The van der Waals surface area contributed by atoms with Crippen molar-refractivity contribution in [2.24, 2.45) is 7.05 Å². The summed E-state index contributed by atoms with van der Waals surface area (Å²) in [5.74, 6) is 1.52. The normalized spacial score (nSPS) is 14.5. The fourth-order valence-corrected chi connectivity index (χ4v) is 3.35. The average Bonchev–Trinajstić information content (AvgIpc) is 3.04. The Labute approximate surface area is 166 Å². The molecule has 1 saturated heterocycles. The van der Waals surface area contributed by atoms with Crippen LogP contribution in [0.3, 0.4) is 0 Å². The topological polar surface area (TPSA) is 75.1 Å². The number of aryl methyl sites for hydroxylation is 1. The van der Waals surface area contributed by atoms with Gasteiger partial charge in [0.1, 0.15) is 0 Å². The van der Waals surface area contributed by atoms with Crippen molar-refractivity contribution in [1.82, 2.24) is 20.1 Å². The first-order valence-electron chi connectivity index (χ1n) is 9.40. The van der Waals surface area contributed by atoms with Gasteiger partial charge in [-0.25, -0.2) is 4.68 Å². The molecule has 0 bridgehead atoms. The average molecular weight is 393 g/mol. The van der Waals surface area contributed by atoms with Crippen LogP contribution in [-0.4, -0.2) is 46.9 Å². The highest BCUT2D eigenvalue weighted by Crippen LogP contribution is 2.23. The Bertz CT molecular complexity index is 735. The van der Waals surface area contributed by atoms with Gasteiger partial charge in [-0.3, -0.25) is 10.1 Å². The fourth-order valence-electron chi connectivity index (χ4n) is 3.35. The quantitative estimate of drug-likeness (QED) is 0.790. The molecule has 148 valence electrons. The second-order valence-electron chi connectivity index (χ2n) is 6.61. The molecule has 0 unspecified atom stereocenters. The predicted octanol–water partition coefficient (Wildman–Crippen LogP) is 2.80. The van der Waals surface area contributed by atoms with Gasteiger partial charge in [-0.2, -0.15) is 10.1 Å². The molecule has 1 aliphatic heterocycles. The number of aromatic nitrogens is 3. The van der Waals surface area contributed by atoms with Crippen molar-refractivity contribution in [3.63, 3.8) is 0 Å². The summed E-state index contributed by atoms with van der Waals surface area (Å²) in [5, 5.41) is 10.7. The minimum absolute atomic E-state index is 0. The van der Waals surface area contributed by atoms with Crippen molar-refractivity contribution in [3.05, 3.63) is 35.7 Å². The van der Waals surface area contributed by atoms with E-state index in [1.165, 1.54) is 0 Å². The summed E-state index contributed by atoms with van der Waals surface area (Å²) in [6.45, 7) is 8.12. The van der Waals surface area contributed by atoms with Crippen LogP contribution in [0.25, 0.3) is 0 Å². The fraction of sp³-hybridized carbons (Fsp3) is 0.526. The van der Waals surface area contributed by atoms with Crippen LogP contribution >= 0.6 is 12.4 Å². The highest BCUT2D eigenvalue weighted by molar-refractivity contribution is 6.03. The first kappa shape index (κ1) is 21.2. The number of carbonyl (C=O) groups excluding carboxylic acids is 1. The third-order valence-electron chi connectivity index (χ3n) is 4.97. The van der Waals surface area contributed by atoms with Crippen LogP contribution in [0.15, 0.2) is 24.3 Å². The van der Waals surface area contributed by atoms with E-state index in [4.69, 9.17) is 0 Å². The summed E-state index contributed by atoms with van der Waals surface area (Å²) >= 11 is 0. The van der Waals surface area contributed by atoms with Gasteiger partial charge in [-0.05, 0) is 64.0 Å². The number of anilines is 2. The largest absolute Gasteiger partial charge is 0.372 e. The maximum Gasteiger partial charge on any atom is 0.258 e. The van der Waals surface area contributed by atoms with Gasteiger partial charge in [0.25, 0.3) is 5.91 Å². The van der Waals surface area contributed by atoms with Crippen molar-refractivity contribution in [2.45, 2.75) is 32.6 Å². The van der Waals surface area contributed by atoms with Crippen molar-refractivity contribution < 1.29 is 4.79 Å². The molecule has 1 amide bonds. The monoisotopic (exact) mass is 392 g/mol. The molecular formula is C19H29ClN6O. The molecule has 1 aromatic carbocycles. The lowest BCUT2D eigenvalue weighted by Crippen LogP contribution is -2.27. The molecule has 0 spiro atoms. The molecule has 0 radical (unpaired) electrons. The van der Waals surface area contributed by atoms with Crippen LogP contribution in [-0.2, 0) is 7.05 Å². The summed E-state index contributed by atoms with van der Waals surface area (Å²) in [4.78, 5) is 19.4. The number of rotatable bonds is 6. The van der Waals surface area contributed by atoms with Gasteiger partial charge in [0, 0.05) is 37.3 Å². The van der Waals surface area contributed by atoms with Crippen LogP contribution in [0.1, 0.15) is 48.8 Å². The number of nitrogens with one attached hydrogen (secondary N) is 2. The van der Waals surface area contributed by atoms with E-state index >= 15 is 0 Å². The first-order valence-corrected chi connectivity index (χ1v) is 9.40. The van der Waals surface area contributed by atoms with E-state index in [-0.39, 0.29) is 18.3 Å². The maximum atomic E-state index is 12.6. The van der Waals surface area contributed by atoms with Crippen molar-refractivity contribution in [1.29, 1.82) is 0 Å². The van der Waals surface area contributed by atoms with E-state index in [1.54, 1.807) is 4.68 Å². The molecule has 0 saturated carbocycles. The Morgan fingerprint density at radius 3 is 2.44 bits per heavy atom. The summed E-state index contributed by atoms with van der Waals surface area (Å²) in [6.07, 6.45) is 2.06. The lowest BCUT2D eigenvalue weighted by Gasteiger charge is -2.21. The first-order chi connectivity index (χ1) is 12.6. The van der Waals surface area contributed by atoms with Gasteiger partial charge in [0.15, 0.2) is 5.82 Å². The number of halogens is 1. The Morgan fingerprint density at radius 1 is 1.22 bits per heavy atom. The van der Waals surface area contributed by atoms with Gasteiger partial charge < -0.3 is 10.2 Å². The van der Waals surface area contributed by atoms with Crippen LogP contribution in [0.5, 0.6) is 0 Å². The van der Waals surface area contributed by atoms with Gasteiger partial charge in [-0.1, -0.05) is 0 Å². The third kappa shape index (κ3) is 4.99. The van der Waals surface area contributed by atoms with Crippen molar-refractivity contribution in [3.8, 4) is 0 Å². The summed E-state index contributed by atoms with van der Waals surface area (Å²) in [6, 6.07) is 7.68. The molecule has 1 aromatic heterocycles. The zero-order valence-corrected chi connectivity index (χ0v) is 17.1. The third-order valence-corrected chi connectivity index (χ3v) is 4.97. The molecule has 3 rings (SSSR count). The standard InChI is InChI=1S/C19H28N6O.ClH/c1-4-25(5-2)16-8-6-15(7-9-16)18(26)22-19-21-17(23-24(19)3)14-10-12-20-13-11-14;/h6-9,14,20H,4-5,10-13H2,1-3H3,(H,21,22,23,26);1H. The summed E-state index contributed by atoms with van der Waals surface area (Å²) in [5.41, 5.74) is 1.74. The highest BCUT2D eigenvalue weighted by atomic mass is 35.5. The Hall–Kier alpha value is -2.12. The highest BCUT2D eigenvalue weighted by Gasteiger charge is 2.21. The predicted molar refractivity (Wildman–Crippen MR) is 111 cm³/mol. The number of carbonyl (C=O) groups is 1. The molecule has 2 N–H and O–H groups in total. The Balaban J connectivity index is 0.00000261.